The molecule has 0 aliphatic carbocycles. The zero-order chi connectivity index (χ0) is 28.4. The fourth-order valence-electron chi connectivity index (χ4n) is 5.37. The fourth-order valence-corrected chi connectivity index (χ4v) is 5.37. The van der Waals surface area contributed by atoms with E-state index in [2.05, 4.69) is 82.7 Å². The average molecular weight is 624 g/mol. The summed E-state index contributed by atoms with van der Waals surface area (Å²) in [6.45, 7) is 9.04. The molecule has 0 saturated carbocycles. The topological polar surface area (TPSA) is 31.8 Å². The lowest BCUT2D eigenvalue weighted by Gasteiger charge is -2.07. The van der Waals surface area contributed by atoms with Crippen molar-refractivity contribution < 1.29 is 33.9 Å². The molecule has 0 amide bonds. The second-order valence-corrected chi connectivity index (χ2v) is 11.9. The number of hydrogen-bond acceptors (Lipinski definition) is 2. The first kappa shape index (κ1) is 40.5. The molecule has 2 rings (SSSR count). The van der Waals surface area contributed by atoms with Gasteiger partial charge in [0.15, 0.2) is 24.8 Å². The van der Waals surface area contributed by atoms with Gasteiger partial charge >= 0.3 is 0 Å². The number of rotatable bonds is 27. The lowest BCUT2D eigenvalue weighted by atomic mass is 10.1. The summed E-state index contributed by atoms with van der Waals surface area (Å²) in [5, 5.41) is 7.20. The van der Waals surface area contributed by atoms with Gasteiger partial charge in [-0.25, -0.2) is 9.13 Å². The summed E-state index contributed by atoms with van der Waals surface area (Å²) in [5.41, 5.74) is 2.52. The number of nitrogens with zero attached hydrogens (tertiary/aromatic N) is 2. The van der Waals surface area contributed by atoms with Crippen LogP contribution in [0.5, 0.6) is 0 Å². The van der Waals surface area contributed by atoms with Crippen LogP contribution in [0.4, 0.5) is 11.4 Å². The highest BCUT2D eigenvalue weighted by atomic mass is 35.5. The Morgan fingerprint density at radius 2 is 0.690 bits per heavy atom. The molecule has 0 radical (unpaired) electrons. The number of aromatic nitrogens is 2. The number of aryl methyl sites for hydroxylation is 2. The lowest BCUT2D eigenvalue weighted by Crippen LogP contribution is -3.00. The summed E-state index contributed by atoms with van der Waals surface area (Å²) in [4.78, 5) is 0. The van der Waals surface area contributed by atoms with Crippen molar-refractivity contribution in [2.75, 3.05) is 23.7 Å². The first-order chi connectivity index (χ1) is 19.8. The van der Waals surface area contributed by atoms with E-state index in [0.717, 1.165) is 26.2 Å². The van der Waals surface area contributed by atoms with Crippen molar-refractivity contribution in [2.45, 2.75) is 155 Å². The van der Waals surface area contributed by atoms with Gasteiger partial charge in [0, 0.05) is 61.6 Å². The predicted molar refractivity (Wildman–Crippen MR) is 174 cm³/mol. The molecule has 0 atom stereocenters. The van der Waals surface area contributed by atoms with Crippen molar-refractivity contribution in [2.24, 2.45) is 0 Å². The molecule has 0 aliphatic rings. The molecule has 2 aromatic heterocycles. The third kappa shape index (κ3) is 22.1. The Kier molecular flexibility index (Phi) is 28.5. The minimum absolute atomic E-state index is 0. The molecule has 0 spiro atoms. The van der Waals surface area contributed by atoms with Gasteiger partial charge in [-0.05, 0) is 25.7 Å². The molecule has 2 aromatic rings. The van der Waals surface area contributed by atoms with E-state index >= 15 is 0 Å². The van der Waals surface area contributed by atoms with E-state index < -0.39 is 0 Å². The van der Waals surface area contributed by atoms with Crippen molar-refractivity contribution >= 4 is 11.4 Å². The van der Waals surface area contributed by atoms with Gasteiger partial charge < -0.3 is 35.4 Å². The number of nitrogens with one attached hydrogen (secondary N) is 2. The summed E-state index contributed by atoms with van der Waals surface area (Å²) in [5.74, 6) is 0. The van der Waals surface area contributed by atoms with E-state index in [1.54, 1.807) is 0 Å². The standard InChI is InChI=1S/C36H62N4.2ClH/c1-3-5-7-9-17-21-29-39-31-23-35(24-32-39)37-27-19-15-13-11-12-14-16-20-28-38-36-25-33-40(34-26-36)30-22-18-10-8-6-4-2;;/h23-26,31-34H,3-22,27-30H2,1-2H3;2*1H. The fraction of sp³-hybridized carbons (Fsp3) is 0.722. The molecule has 0 aromatic carbocycles. The highest BCUT2D eigenvalue weighted by molar-refractivity contribution is 5.40. The van der Waals surface area contributed by atoms with Crippen LogP contribution in [-0.4, -0.2) is 13.1 Å². The van der Waals surface area contributed by atoms with Crippen molar-refractivity contribution in [3.63, 3.8) is 0 Å². The zero-order valence-electron chi connectivity index (χ0n) is 27.2. The second kappa shape index (κ2) is 29.5. The van der Waals surface area contributed by atoms with Gasteiger partial charge in [-0.15, -0.1) is 0 Å². The van der Waals surface area contributed by atoms with Crippen LogP contribution in [0.3, 0.4) is 0 Å². The third-order valence-electron chi connectivity index (χ3n) is 8.08. The van der Waals surface area contributed by atoms with Gasteiger partial charge in [0.05, 0.1) is 0 Å². The SMILES string of the molecule is CCCCCCCC[n+]1ccc(NCCCCCCCCCCNc2cc[n+](CCCCCCCC)cc2)cc1.[Cl-].[Cl-]. The predicted octanol–water partition coefficient (Wildman–Crippen LogP) is 3.64. The number of hydrogen-bond donors (Lipinski definition) is 2. The maximum absolute atomic E-state index is 3.60. The van der Waals surface area contributed by atoms with Crippen molar-refractivity contribution in [1.29, 1.82) is 0 Å². The van der Waals surface area contributed by atoms with Crippen LogP contribution in [0.15, 0.2) is 49.1 Å². The zero-order valence-corrected chi connectivity index (χ0v) is 28.8. The normalized spacial score (nSPS) is 10.6. The molecule has 0 fully saturated rings. The second-order valence-electron chi connectivity index (χ2n) is 11.9. The van der Waals surface area contributed by atoms with Gasteiger partial charge in [0.2, 0.25) is 0 Å². The molecule has 0 unspecified atom stereocenters. The Bertz CT molecular complexity index is 745. The molecular formula is C36H64Cl2N4. The Hall–Kier alpha value is -1.52. The molecule has 0 aliphatic heterocycles. The molecule has 2 heterocycles. The van der Waals surface area contributed by atoms with Crippen LogP contribution in [0, 0.1) is 0 Å². The highest BCUT2D eigenvalue weighted by Crippen LogP contribution is 2.11. The first-order valence-corrected chi connectivity index (χ1v) is 17.3. The average Bonchev–Trinajstić information content (AvgIpc) is 2.98. The van der Waals surface area contributed by atoms with Gasteiger partial charge in [0.1, 0.15) is 13.1 Å². The maximum atomic E-state index is 3.60. The number of unbranched alkanes of at least 4 members (excludes halogenated alkanes) is 17. The number of pyridine rings is 2. The first-order valence-electron chi connectivity index (χ1n) is 17.3. The van der Waals surface area contributed by atoms with Crippen molar-refractivity contribution in [3.8, 4) is 0 Å². The molecule has 42 heavy (non-hydrogen) atoms. The van der Waals surface area contributed by atoms with E-state index in [4.69, 9.17) is 0 Å². The summed E-state index contributed by atoms with van der Waals surface area (Å²) in [6, 6.07) is 8.93. The smallest absolute Gasteiger partial charge is 0.170 e. The Morgan fingerprint density at radius 1 is 0.405 bits per heavy atom. The van der Waals surface area contributed by atoms with Crippen LogP contribution in [0.1, 0.15) is 142 Å². The maximum Gasteiger partial charge on any atom is 0.170 e. The summed E-state index contributed by atoms with van der Waals surface area (Å²) in [6.07, 6.45) is 36.0. The van der Waals surface area contributed by atoms with Crippen LogP contribution >= 0.6 is 0 Å². The molecule has 6 heteroatoms. The summed E-state index contributed by atoms with van der Waals surface area (Å²) in [7, 11) is 0. The van der Waals surface area contributed by atoms with Gasteiger partial charge in [-0.3, -0.25) is 0 Å². The molecule has 242 valence electrons. The number of anilines is 2. The van der Waals surface area contributed by atoms with Gasteiger partial charge in [0.25, 0.3) is 0 Å². The molecule has 2 N–H and O–H groups in total. The Labute approximate surface area is 272 Å². The lowest BCUT2D eigenvalue weighted by molar-refractivity contribution is -0.697. The van der Waals surface area contributed by atoms with E-state index in [-0.39, 0.29) is 24.8 Å². The molecule has 0 saturated heterocycles. The largest absolute Gasteiger partial charge is 1.00 e. The van der Waals surface area contributed by atoms with Crippen LogP contribution in [0.25, 0.3) is 0 Å². The van der Waals surface area contributed by atoms with Crippen LogP contribution in [0.2, 0.25) is 0 Å². The molecular weight excluding hydrogens is 559 g/mol. The van der Waals surface area contributed by atoms with Crippen LogP contribution in [-0.2, 0) is 13.1 Å². The molecule has 4 nitrogen and oxygen atoms in total. The summed E-state index contributed by atoms with van der Waals surface area (Å²) < 4.78 is 4.66. The minimum atomic E-state index is 0. The van der Waals surface area contributed by atoms with E-state index in [9.17, 15) is 0 Å². The Balaban J connectivity index is 0.00000840. The van der Waals surface area contributed by atoms with E-state index in [1.165, 1.54) is 140 Å². The highest BCUT2D eigenvalue weighted by Gasteiger charge is 2.03. The van der Waals surface area contributed by atoms with E-state index in [1.807, 2.05) is 0 Å². The van der Waals surface area contributed by atoms with Gasteiger partial charge in [-0.1, -0.05) is 104 Å². The Morgan fingerprint density at radius 3 is 1.02 bits per heavy atom. The number of halogens is 2. The van der Waals surface area contributed by atoms with Gasteiger partial charge in [-0.2, -0.15) is 0 Å². The quantitative estimate of drug-likeness (QED) is 0.118. The van der Waals surface area contributed by atoms with Crippen molar-refractivity contribution in [3.05, 3.63) is 49.1 Å². The monoisotopic (exact) mass is 622 g/mol. The minimum Gasteiger partial charge on any atom is -1.00 e. The van der Waals surface area contributed by atoms with Crippen molar-refractivity contribution in [1.82, 2.24) is 0 Å². The molecule has 0 bridgehead atoms. The summed E-state index contributed by atoms with van der Waals surface area (Å²) >= 11 is 0. The van der Waals surface area contributed by atoms with E-state index in [0.29, 0.717) is 0 Å². The van der Waals surface area contributed by atoms with Crippen LogP contribution < -0.4 is 44.6 Å². The third-order valence-corrected chi connectivity index (χ3v) is 8.08.